The summed E-state index contributed by atoms with van der Waals surface area (Å²) in [6.07, 6.45) is 7.91. The molecule has 1 saturated heterocycles. The van der Waals surface area contributed by atoms with Crippen LogP contribution in [-0.4, -0.2) is 41.3 Å². The third kappa shape index (κ3) is 3.46. The van der Waals surface area contributed by atoms with Gasteiger partial charge in [0, 0.05) is 18.3 Å². The van der Waals surface area contributed by atoms with Crippen LogP contribution in [-0.2, 0) is 11.2 Å². The number of hydrogen-bond acceptors (Lipinski definition) is 6. The fourth-order valence-corrected chi connectivity index (χ4v) is 2.44. The largest absolute Gasteiger partial charge is 0.494 e. The minimum Gasteiger partial charge on any atom is -0.494 e. The Bertz CT molecular complexity index is 562. The Kier molecular flexibility index (Phi) is 4.25. The highest BCUT2D eigenvalue weighted by atomic mass is 16.5. The van der Waals surface area contributed by atoms with Gasteiger partial charge < -0.3 is 14.8 Å². The second-order valence-electron chi connectivity index (χ2n) is 5.05. The zero-order chi connectivity index (χ0) is 14.5. The Hall–Kier alpha value is -2.21. The highest BCUT2D eigenvalue weighted by Gasteiger charge is 2.28. The highest BCUT2D eigenvalue weighted by Crippen LogP contribution is 2.21. The number of ether oxygens (including phenoxy) is 2. The van der Waals surface area contributed by atoms with E-state index in [-0.39, 0.29) is 6.04 Å². The van der Waals surface area contributed by atoms with E-state index in [0.29, 0.717) is 24.2 Å². The lowest BCUT2D eigenvalue weighted by atomic mass is 9.95. The number of nitrogens with zero attached hydrogens (tertiary/aromatic N) is 3. The van der Waals surface area contributed by atoms with Crippen molar-refractivity contribution >= 4 is 5.95 Å². The first kappa shape index (κ1) is 13.8. The van der Waals surface area contributed by atoms with Gasteiger partial charge in [0.2, 0.25) is 5.95 Å². The lowest BCUT2D eigenvalue weighted by Crippen LogP contribution is -2.30. The van der Waals surface area contributed by atoms with Crippen molar-refractivity contribution in [3.8, 4) is 5.75 Å². The first-order valence-electron chi connectivity index (χ1n) is 6.94. The standard InChI is InChI=1S/C15H18N4O2/c1-20-13-7-17-15(18-8-13)19-14-10-21-9-12(14)6-11-2-4-16-5-3-11/h2-5,7-8,12,14H,6,9-10H2,1H3,(H,17,18,19)/t12-,14+/m1/s1. The molecule has 1 N–H and O–H groups in total. The number of rotatable bonds is 5. The molecule has 1 aliphatic heterocycles. The van der Waals surface area contributed by atoms with Gasteiger partial charge in [0.05, 0.1) is 38.8 Å². The minimum absolute atomic E-state index is 0.214. The van der Waals surface area contributed by atoms with Crippen molar-refractivity contribution in [2.45, 2.75) is 12.5 Å². The summed E-state index contributed by atoms with van der Waals surface area (Å²) in [4.78, 5) is 12.5. The maximum absolute atomic E-state index is 5.60. The Morgan fingerprint density at radius 3 is 2.71 bits per heavy atom. The summed E-state index contributed by atoms with van der Waals surface area (Å²) in [6.45, 7) is 1.42. The Morgan fingerprint density at radius 1 is 1.24 bits per heavy atom. The molecule has 0 bridgehead atoms. The molecule has 0 amide bonds. The smallest absolute Gasteiger partial charge is 0.223 e. The second-order valence-corrected chi connectivity index (χ2v) is 5.05. The number of hydrogen-bond donors (Lipinski definition) is 1. The number of nitrogens with one attached hydrogen (secondary N) is 1. The molecule has 0 spiro atoms. The van der Waals surface area contributed by atoms with Gasteiger partial charge in [-0.2, -0.15) is 0 Å². The van der Waals surface area contributed by atoms with Crippen LogP contribution in [0.15, 0.2) is 36.9 Å². The van der Waals surface area contributed by atoms with Crippen LogP contribution >= 0.6 is 0 Å². The van der Waals surface area contributed by atoms with E-state index in [9.17, 15) is 0 Å². The summed E-state index contributed by atoms with van der Waals surface area (Å²) in [5.41, 5.74) is 1.27. The number of pyridine rings is 1. The molecule has 3 heterocycles. The molecule has 6 heteroatoms. The van der Waals surface area contributed by atoms with Crippen molar-refractivity contribution in [2.24, 2.45) is 5.92 Å². The SMILES string of the molecule is COc1cnc(N[C@H]2COC[C@H]2Cc2ccncc2)nc1. The molecular weight excluding hydrogens is 268 g/mol. The van der Waals surface area contributed by atoms with E-state index in [4.69, 9.17) is 9.47 Å². The van der Waals surface area contributed by atoms with E-state index in [1.807, 2.05) is 24.5 Å². The molecule has 2 aromatic heterocycles. The van der Waals surface area contributed by atoms with Gasteiger partial charge in [-0.05, 0) is 24.1 Å². The summed E-state index contributed by atoms with van der Waals surface area (Å²) < 4.78 is 10.7. The first-order valence-corrected chi connectivity index (χ1v) is 6.94. The highest BCUT2D eigenvalue weighted by molar-refractivity contribution is 5.29. The molecule has 0 aromatic carbocycles. The van der Waals surface area contributed by atoms with Gasteiger partial charge in [-0.25, -0.2) is 9.97 Å². The van der Waals surface area contributed by atoms with Gasteiger partial charge in [0.25, 0.3) is 0 Å². The van der Waals surface area contributed by atoms with E-state index in [0.717, 1.165) is 13.0 Å². The van der Waals surface area contributed by atoms with Gasteiger partial charge in [-0.15, -0.1) is 0 Å². The van der Waals surface area contributed by atoms with Crippen LogP contribution in [0.4, 0.5) is 5.95 Å². The van der Waals surface area contributed by atoms with Gasteiger partial charge in [-0.3, -0.25) is 4.98 Å². The van der Waals surface area contributed by atoms with Gasteiger partial charge in [0.1, 0.15) is 0 Å². The van der Waals surface area contributed by atoms with E-state index >= 15 is 0 Å². The molecular formula is C15H18N4O2. The zero-order valence-electron chi connectivity index (χ0n) is 11.9. The number of aromatic nitrogens is 3. The molecule has 2 atom stereocenters. The van der Waals surface area contributed by atoms with E-state index in [1.165, 1.54) is 5.56 Å². The molecule has 6 nitrogen and oxygen atoms in total. The summed E-state index contributed by atoms with van der Waals surface area (Å²) in [6, 6.07) is 4.30. The van der Waals surface area contributed by atoms with Crippen LogP contribution in [0.5, 0.6) is 5.75 Å². The molecule has 1 aliphatic rings. The van der Waals surface area contributed by atoms with Crippen LogP contribution in [0.25, 0.3) is 0 Å². The predicted octanol–water partition coefficient (Wildman–Crippen LogP) is 1.55. The number of anilines is 1. The summed E-state index contributed by atoms with van der Waals surface area (Å²) in [5, 5.41) is 3.34. The van der Waals surface area contributed by atoms with Crippen LogP contribution < -0.4 is 10.1 Å². The second kappa shape index (κ2) is 6.49. The summed E-state index contributed by atoms with van der Waals surface area (Å²) >= 11 is 0. The molecule has 110 valence electrons. The van der Waals surface area contributed by atoms with Crippen molar-refractivity contribution in [1.29, 1.82) is 0 Å². The van der Waals surface area contributed by atoms with Gasteiger partial charge in [-0.1, -0.05) is 0 Å². The molecule has 0 saturated carbocycles. The Balaban J connectivity index is 1.63. The van der Waals surface area contributed by atoms with Crippen molar-refractivity contribution in [1.82, 2.24) is 15.0 Å². The molecule has 0 radical (unpaired) electrons. The molecule has 3 rings (SSSR count). The normalized spacial score (nSPS) is 21.2. The maximum Gasteiger partial charge on any atom is 0.223 e. The van der Waals surface area contributed by atoms with Crippen LogP contribution in [0.1, 0.15) is 5.56 Å². The average Bonchev–Trinajstić information content (AvgIpc) is 2.96. The predicted molar refractivity (Wildman–Crippen MR) is 78.2 cm³/mol. The maximum atomic E-state index is 5.60. The van der Waals surface area contributed by atoms with Crippen molar-refractivity contribution in [3.05, 3.63) is 42.5 Å². The van der Waals surface area contributed by atoms with Crippen LogP contribution in [0.3, 0.4) is 0 Å². The topological polar surface area (TPSA) is 69.2 Å². The van der Waals surface area contributed by atoms with E-state index in [1.54, 1.807) is 19.5 Å². The Morgan fingerprint density at radius 2 is 2.00 bits per heavy atom. The quantitative estimate of drug-likeness (QED) is 0.899. The molecule has 1 fully saturated rings. The van der Waals surface area contributed by atoms with Crippen molar-refractivity contribution in [2.75, 3.05) is 25.6 Å². The lowest BCUT2D eigenvalue weighted by Gasteiger charge is -2.19. The van der Waals surface area contributed by atoms with Gasteiger partial charge in [0.15, 0.2) is 5.75 Å². The van der Waals surface area contributed by atoms with Crippen molar-refractivity contribution in [3.63, 3.8) is 0 Å². The fourth-order valence-electron chi connectivity index (χ4n) is 2.44. The van der Waals surface area contributed by atoms with E-state index < -0.39 is 0 Å². The average molecular weight is 286 g/mol. The van der Waals surface area contributed by atoms with Crippen molar-refractivity contribution < 1.29 is 9.47 Å². The molecule has 2 aromatic rings. The fraction of sp³-hybridized carbons (Fsp3) is 0.400. The van der Waals surface area contributed by atoms with E-state index in [2.05, 4.69) is 20.3 Å². The minimum atomic E-state index is 0.214. The summed E-state index contributed by atoms with van der Waals surface area (Å²) in [5.74, 6) is 1.65. The third-order valence-electron chi connectivity index (χ3n) is 3.62. The molecule has 0 aliphatic carbocycles. The first-order chi connectivity index (χ1) is 10.3. The monoisotopic (exact) mass is 286 g/mol. The molecule has 0 unspecified atom stereocenters. The lowest BCUT2D eigenvalue weighted by molar-refractivity contribution is 0.185. The zero-order valence-corrected chi connectivity index (χ0v) is 11.9. The van der Waals surface area contributed by atoms with Gasteiger partial charge >= 0.3 is 0 Å². The number of methoxy groups -OCH3 is 1. The van der Waals surface area contributed by atoms with Crippen LogP contribution in [0.2, 0.25) is 0 Å². The van der Waals surface area contributed by atoms with Crippen LogP contribution in [0, 0.1) is 5.92 Å². The third-order valence-corrected chi connectivity index (χ3v) is 3.62. The summed E-state index contributed by atoms with van der Waals surface area (Å²) in [7, 11) is 1.60. The Labute approximate surface area is 123 Å². The molecule has 21 heavy (non-hydrogen) atoms.